The number of rotatable bonds is 9. The molecule has 0 spiro atoms. The topological polar surface area (TPSA) is 102 Å². The monoisotopic (exact) mass is 470 g/mol. The van der Waals surface area contributed by atoms with Crippen molar-refractivity contribution >= 4 is 33.4 Å². The molecule has 3 rings (SSSR count). The van der Waals surface area contributed by atoms with E-state index in [4.69, 9.17) is 0 Å². The van der Waals surface area contributed by atoms with E-state index in [2.05, 4.69) is 42.0 Å². The predicted octanol–water partition coefficient (Wildman–Crippen LogP) is 3.34. The third-order valence-corrected chi connectivity index (χ3v) is 4.89. The molecule has 0 saturated heterocycles. The van der Waals surface area contributed by atoms with E-state index in [1.54, 1.807) is 0 Å². The lowest BCUT2D eigenvalue weighted by Crippen LogP contribution is -2.27. The van der Waals surface area contributed by atoms with E-state index >= 15 is 0 Å². The summed E-state index contributed by atoms with van der Waals surface area (Å²) in [5.41, 5.74) is 2.64. The number of anilines is 1. The van der Waals surface area contributed by atoms with Crippen LogP contribution >= 0.6 is 15.9 Å². The number of halogens is 1. The van der Waals surface area contributed by atoms with E-state index in [-0.39, 0.29) is 24.8 Å². The minimum atomic E-state index is -0.142. The lowest BCUT2D eigenvalue weighted by Gasteiger charge is -2.09. The second-order valence-corrected chi connectivity index (χ2v) is 7.70. The van der Waals surface area contributed by atoms with Gasteiger partial charge in [-0.1, -0.05) is 52.3 Å². The Labute approximate surface area is 183 Å². The molecule has 0 unspecified atom stereocenters. The van der Waals surface area contributed by atoms with Crippen LogP contribution < -0.4 is 10.6 Å². The molecule has 2 amide bonds. The fourth-order valence-electron chi connectivity index (χ4n) is 2.77. The molecule has 0 aliphatic heterocycles. The van der Waals surface area contributed by atoms with Gasteiger partial charge in [-0.2, -0.15) is 4.80 Å². The molecule has 0 radical (unpaired) electrons. The number of benzene rings is 2. The van der Waals surface area contributed by atoms with E-state index < -0.39 is 0 Å². The van der Waals surface area contributed by atoms with Crippen LogP contribution in [0.5, 0.6) is 0 Å². The first kappa shape index (κ1) is 21.6. The second-order valence-electron chi connectivity index (χ2n) is 6.79. The SMILES string of the molecule is Cc1ccc(Br)cc1NC(=O)CCNC(=O)CCCn1nnc(-c2ccccc2)n1. The van der Waals surface area contributed by atoms with Crippen molar-refractivity contribution in [3.8, 4) is 11.4 Å². The number of nitrogens with one attached hydrogen (secondary N) is 2. The third-order valence-electron chi connectivity index (χ3n) is 4.39. The van der Waals surface area contributed by atoms with Crippen LogP contribution in [-0.4, -0.2) is 38.6 Å². The summed E-state index contributed by atoms with van der Waals surface area (Å²) < 4.78 is 0.898. The molecule has 1 heterocycles. The molecule has 3 aromatic rings. The highest BCUT2D eigenvalue weighted by atomic mass is 79.9. The highest BCUT2D eigenvalue weighted by molar-refractivity contribution is 9.10. The quantitative estimate of drug-likeness (QED) is 0.499. The number of tetrazole rings is 1. The fraction of sp³-hybridized carbons (Fsp3) is 0.286. The normalized spacial score (nSPS) is 10.6. The number of carbonyl (C=O) groups is 2. The van der Waals surface area contributed by atoms with Gasteiger partial charge in [0.25, 0.3) is 0 Å². The molecule has 156 valence electrons. The summed E-state index contributed by atoms with van der Waals surface area (Å²) in [4.78, 5) is 25.5. The smallest absolute Gasteiger partial charge is 0.226 e. The van der Waals surface area contributed by atoms with Gasteiger partial charge < -0.3 is 10.6 Å². The predicted molar refractivity (Wildman–Crippen MR) is 118 cm³/mol. The number of aryl methyl sites for hydroxylation is 2. The Bertz CT molecular complexity index is 1010. The Morgan fingerprint density at radius 2 is 1.87 bits per heavy atom. The van der Waals surface area contributed by atoms with Gasteiger partial charge in [0.2, 0.25) is 17.6 Å². The number of carbonyl (C=O) groups excluding carboxylic acids is 2. The first-order valence-corrected chi connectivity index (χ1v) is 10.5. The standard InChI is InChI=1S/C21H23BrN6O2/c1-15-9-10-17(22)14-18(15)24-20(30)11-12-23-19(29)8-5-13-28-26-21(25-27-28)16-6-3-2-4-7-16/h2-4,6-7,9-10,14H,5,8,11-13H2,1H3,(H,23,29)(H,24,30). The first-order valence-electron chi connectivity index (χ1n) is 9.67. The minimum Gasteiger partial charge on any atom is -0.356 e. The van der Waals surface area contributed by atoms with Crippen LogP contribution in [0.4, 0.5) is 5.69 Å². The molecule has 2 aromatic carbocycles. The van der Waals surface area contributed by atoms with Gasteiger partial charge in [-0.05, 0) is 36.3 Å². The number of hydrogen-bond acceptors (Lipinski definition) is 5. The van der Waals surface area contributed by atoms with Gasteiger partial charge in [-0.3, -0.25) is 9.59 Å². The van der Waals surface area contributed by atoms with Gasteiger partial charge in [-0.25, -0.2) is 0 Å². The van der Waals surface area contributed by atoms with Crippen LogP contribution in [0.25, 0.3) is 11.4 Å². The van der Waals surface area contributed by atoms with Crippen molar-refractivity contribution in [3.05, 3.63) is 58.6 Å². The highest BCUT2D eigenvalue weighted by Gasteiger charge is 2.08. The Balaban J connectivity index is 1.34. The summed E-state index contributed by atoms with van der Waals surface area (Å²) in [6.07, 6.45) is 1.12. The molecule has 1 aromatic heterocycles. The largest absolute Gasteiger partial charge is 0.356 e. The zero-order chi connectivity index (χ0) is 21.3. The lowest BCUT2D eigenvalue weighted by molar-refractivity contribution is -0.121. The Kier molecular flexibility index (Phi) is 7.67. The van der Waals surface area contributed by atoms with Crippen molar-refractivity contribution in [2.24, 2.45) is 0 Å². The van der Waals surface area contributed by atoms with E-state index in [1.807, 2.05) is 55.5 Å². The van der Waals surface area contributed by atoms with E-state index in [9.17, 15) is 9.59 Å². The average molecular weight is 471 g/mol. The molecule has 0 saturated carbocycles. The van der Waals surface area contributed by atoms with Gasteiger partial charge in [0.1, 0.15) is 0 Å². The van der Waals surface area contributed by atoms with E-state index in [0.717, 1.165) is 21.3 Å². The van der Waals surface area contributed by atoms with Crippen molar-refractivity contribution in [2.45, 2.75) is 32.7 Å². The molecule has 0 atom stereocenters. The summed E-state index contributed by atoms with van der Waals surface area (Å²) in [6.45, 7) is 2.71. The highest BCUT2D eigenvalue weighted by Crippen LogP contribution is 2.20. The average Bonchev–Trinajstić information content (AvgIpc) is 3.20. The fourth-order valence-corrected chi connectivity index (χ4v) is 3.13. The molecule has 8 nitrogen and oxygen atoms in total. The van der Waals surface area contributed by atoms with Gasteiger partial charge in [0, 0.05) is 35.1 Å². The third kappa shape index (κ3) is 6.48. The van der Waals surface area contributed by atoms with Crippen molar-refractivity contribution < 1.29 is 9.59 Å². The number of hydrogen-bond donors (Lipinski definition) is 2. The van der Waals surface area contributed by atoms with Gasteiger partial charge in [0.15, 0.2) is 0 Å². The van der Waals surface area contributed by atoms with E-state index in [1.165, 1.54) is 4.80 Å². The van der Waals surface area contributed by atoms with Gasteiger partial charge in [0.05, 0.1) is 6.54 Å². The zero-order valence-electron chi connectivity index (χ0n) is 16.6. The van der Waals surface area contributed by atoms with Crippen molar-refractivity contribution in [3.63, 3.8) is 0 Å². The molecule has 9 heteroatoms. The molecule has 0 fully saturated rings. The molecular formula is C21H23BrN6O2. The minimum absolute atomic E-state index is 0.107. The summed E-state index contributed by atoms with van der Waals surface area (Å²) in [5, 5.41) is 18.0. The molecular weight excluding hydrogens is 448 g/mol. The number of aromatic nitrogens is 4. The Morgan fingerprint density at radius 1 is 1.07 bits per heavy atom. The zero-order valence-corrected chi connectivity index (χ0v) is 18.2. The molecule has 0 aliphatic rings. The maximum absolute atomic E-state index is 12.1. The molecule has 0 aliphatic carbocycles. The second kappa shape index (κ2) is 10.6. The van der Waals surface area contributed by atoms with Crippen LogP contribution in [0.2, 0.25) is 0 Å². The van der Waals surface area contributed by atoms with Crippen LogP contribution in [-0.2, 0) is 16.1 Å². The summed E-state index contributed by atoms with van der Waals surface area (Å²) in [6, 6.07) is 15.3. The van der Waals surface area contributed by atoms with Crippen molar-refractivity contribution in [1.29, 1.82) is 0 Å². The van der Waals surface area contributed by atoms with Crippen molar-refractivity contribution in [1.82, 2.24) is 25.5 Å². The van der Waals surface area contributed by atoms with Crippen LogP contribution in [0.3, 0.4) is 0 Å². The van der Waals surface area contributed by atoms with Gasteiger partial charge in [-0.15, -0.1) is 10.2 Å². The maximum atomic E-state index is 12.1. The van der Waals surface area contributed by atoms with Gasteiger partial charge >= 0.3 is 0 Å². The summed E-state index contributed by atoms with van der Waals surface area (Å²) in [5.74, 6) is 0.313. The number of nitrogens with zero attached hydrogens (tertiary/aromatic N) is 4. The Hall–Kier alpha value is -3.07. The lowest BCUT2D eigenvalue weighted by atomic mass is 10.2. The first-order chi connectivity index (χ1) is 14.5. The maximum Gasteiger partial charge on any atom is 0.226 e. The van der Waals surface area contributed by atoms with Crippen molar-refractivity contribution in [2.75, 3.05) is 11.9 Å². The molecule has 0 bridgehead atoms. The van der Waals surface area contributed by atoms with Crippen LogP contribution in [0.15, 0.2) is 53.0 Å². The molecule has 30 heavy (non-hydrogen) atoms. The summed E-state index contributed by atoms with van der Waals surface area (Å²) >= 11 is 3.39. The van der Waals surface area contributed by atoms with Crippen LogP contribution in [0.1, 0.15) is 24.8 Å². The van der Waals surface area contributed by atoms with E-state index in [0.29, 0.717) is 25.2 Å². The number of amides is 2. The summed E-state index contributed by atoms with van der Waals surface area (Å²) in [7, 11) is 0. The Morgan fingerprint density at radius 3 is 2.67 bits per heavy atom. The van der Waals surface area contributed by atoms with Crippen LogP contribution in [0, 0.1) is 6.92 Å². The molecule has 2 N–H and O–H groups in total.